The van der Waals surface area contributed by atoms with Gasteiger partial charge in [-0.1, -0.05) is 13.0 Å². The van der Waals surface area contributed by atoms with Crippen LogP contribution in [0.5, 0.6) is 0 Å². The van der Waals surface area contributed by atoms with Gasteiger partial charge in [-0.05, 0) is 19.8 Å². The van der Waals surface area contributed by atoms with Crippen molar-refractivity contribution in [3.63, 3.8) is 0 Å². The minimum absolute atomic E-state index is 0.0335. The fourth-order valence-corrected chi connectivity index (χ4v) is 1.15. The fraction of sp³-hybridized carbons (Fsp3) is 0.636. The molecule has 5 N–H and O–H groups in total. The molecule has 0 heterocycles. The van der Waals surface area contributed by atoms with E-state index in [1.54, 1.807) is 13.8 Å². The first-order chi connectivity index (χ1) is 7.81. The van der Waals surface area contributed by atoms with Gasteiger partial charge >= 0.3 is 5.97 Å². The maximum Gasteiger partial charge on any atom is 0.323 e. The van der Waals surface area contributed by atoms with E-state index < -0.39 is 17.3 Å². The second kappa shape index (κ2) is 7.01. The molecule has 0 rings (SSSR count). The molecule has 1 atom stereocenters. The van der Waals surface area contributed by atoms with Crippen molar-refractivity contribution in [2.24, 2.45) is 5.73 Å². The van der Waals surface area contributed by atoms with E-state index >= 15 is 0 Å². The smallest absolute Gasteiger partial charge is 0.323 e. The Labute approximate surface area is 100 Å². The van der Waals surface area contributed by atoms with Crippen molar-refractivity contribution in [3.8, 4) is 0 Å². The lowest BCUT2D eigenvalue weighted by atomic mass is 9.93. The monoisotopic (exact) mass is 245 g/mol. The number of rotatable bonds is 7. The van der Waals surface area contributed by atoms with Crippen LogP contribution < -0.4 is 11.1 Å². The van der Waals surface area contributed by atoms with E-state index in [9.17, 15) is 9.18 Å². The number of hydrogen-bond donors (Lipinski definition) is 4. The quantitative estimate of drug-likeness (QED) is 0.402. The number of carboxylic acids is 1. The van der Waals surface area contributed by atoms with Crippen molar-refractivity contribution >= 4 is 11.8 Å². The highest BCUT2D eigenvalue weighted by Gasteiger charge is 2.30. The van der Waals surface area contributed by atoms with E-state index in [-0.39, 0.29) is 25.1 Å². The van der Waals surface area contributed by atoms with Gasteiger partial charge in [-0.3, -0.25) is 10.2 Å². The maximum atomic E-state index is 13.3. The van der Waals surface area contributed by atoms with Crippen LogP contribution >= 0.6 is 0 Å². The third kappa shape index (κ3) is 6.01. The average molecular weight is 245 g/mol. The van der Waals surface area contributed by atoms with Crippen LogP contribution in [-0.4, -0.2) is 29.0 Å². The molecule has 0 spiro atoms. The Bertz CT molecular complexity index is 318. The van der Waals surface area contributed by atoms with Crippen LogP contribution in [-0.2, 0) is 4.79 Å². The van der Waals surface area contributed by atoms with Gasteiger partial charge in [0.2, 0.25) is 0 Å². The highest BCUT2D eigenvalue weighted by atomic mass is 19.1. The van der Waals surface area contributed by atoms with Crippen molar-refractivity contribution in [3.05, 3.63) is 11.9 Å². The zero-order chi connectivity index (χ0) is 13.5. The van der Waals surface area contributed by atoms with Crippen LogP contribution in [0.1, 0.15) is 33.1 Å². The first kappa shape index (κ1) is 15.6. The van der Waals surface area contributed by atoms with Crippen molar-refractivity contribution in [1.82, 2.24) is 5.32 Å². The Morgan fingerprint density at radius 2 is 2.24 bits per heavy atom. The maximum absolute atomic E-state index is 13.3. The normalized spacial score (nSPS) is 15.2. The predicted molar refractivity (Wildman–Crippen MR) is 64.7 cm³/mol. The van der Waals surface area contributed by atoms with Crippen LogP contribution in [0.15, 0.2) is 11.9 Å². The Hall–Kier alpha value is -1.43. The lowest BCUT2D eigenvalue weighted by molar-refractivity contribution is -0.143. The summed E-state index contributed by atoms with van der Waals surface area (Å²) in [6.45, 7) is 3.53. The highest BCUT2D eigenvalue weighted by molar-refractivity contribution is 5.78. The molecule has 0 aliphatic rings. The molecule has 0 aromatic carbocycles. The van der Waals surface area contributed by atoms with E-state index in [4.69, 9.17) is 16.2 Å². The van der Waals surface area contributed by atoms with E-state index in [1.165, 1.54) is 6.08 Å². The minimum atomic E-state index is -1.40. The lowest BCUT2D eigenvalue weighted by Gasteiger charge is -2.20. The van der Waals surface area contributed by atoms with E-state index in [0.717, 1.165) is 0 Å². The van der Waals surface area contributed by atoms with E-state index in [0.29, 0.717) is 6.54 Å². The molecule has 0 aromatic heterocycles. The molecule has 0 saturated carbocycles. The number of nitrogens with two attached hydrogens (primary N) is 1. The first-order valence-corrected chi connectivity index (χ1v) is 5.47. The largest absolute Gasteiger partial charge is 0.480 e. The van der Waals surface area contributed by atoms with Gasteiger partial charge < -0.3 is 16.2 Å². The van der Waals surface area contributed by atoms with Gasteiger partial charge in [0.15, 0.2) is 0 Å². The zero-order valence-electron chi connectivity index (χ0n) is 10.2. The number of carbonyl (C=O) groups is 1. The molecule has 0 bridgehead atoms. The molecule has 0 radical (unpaired) electrons. The average Bonchev–Trinajstić information content (AvgIpc) is 2.25. The fourth-order valence-electron chi connectivity index (χ4n) is 1.15. The molecule has 0 aromatic rings. The van der Waals surface area contributed by atoms with Gasteiger partial charge in [-0.2, -0.15) is 0 Å². The number of halogens is 1. The number of carboxylic acid groups (broad SMARTS) is 1. The molecular weight excluding hydrogens is 225 g/mol. The topological polar surface area (TPSA) is 99.2 Å². The second-order valence-electron chi connectivity index (χ2n) is 3.97. The van der Waals surface area contributed by atoms with E-state index in [1.807, 2.05) is 0 Å². The van der Waals surface area contributed by atoms with Gasteiger partial charge in [0.25, 0.3) is 0 Å². The van der Waals surface area contributed by atoms with Crippen molar-refractivity contribution in [2.45, 2.75) is 38.6 Å². The van der Waals surface area contributed by atoms with Gasteiger partial charge in [0.05, 0.1) is 11.7 Å². The Morgan fingerprint density at radius 1 is 1.65 bits per heavy atom. The molecule has 98 valence electrons. The zero-order valence-corrected chi connectivity index (χ0v) is 10.2. The summed E-state index contributed by atoms with van der Waals surface area (Å²) in [5.41, 5.74) is 4.20. The van der Waals surface area contributed by atoms with Crippen LogP contribution in [0.25, 0.3) is 0 Å². The standard InChI is InChI=1S/C11H20FN3O2/c1-3-11(14,10(16)17)6-4-9(12)5-7-15-8(2)13/h4H,3,5-7,14H2,1-2H3,(H2,13,15)(H,16,17)/b9-4-/t11-/m0/s1. The lowest BCUT2D eigenvalue weighted by Crippen LogP contribution is -2.46. The summed E-state index contributed by atoms with van der Waals surface area (Å²) in [6.07, 6.45) is 1.53. The van der Waals surface area contributed by atoms with Crippen LogP contribution in [0.3, 0.4) is 0 Å². The van der Waals surface area contributed by atoms with Gasteiger partial charge in [-0.25, -0.2) is 4.39 Å². The molecule has 0 unspecified atom stereocenters. The number of hydrogen-bond acceptors (Lipinski definition) is 3. The van der Waals surface area contributed by atoms with E-state index in [2.05, 4.69) is 5.32 Å². The Morgan fingerprint density at radius 3 is 2.65 bits per heavy atom. The molecular formula is C11H20FN3O2. The molecule has 5 nitrogen and oxygen atoms in total. The molecule has 0 amide bonds. The highest BCUT2D eigenvalue weighted by Crippen LogP contribution is 2.15. The predicted octanol–water partition coefficient (Wildman–Crippen LogP) is 1.40. The summed E-state index contributed by atoms with van der Waals surface area (Å²) in [6, 6.07) is 0. The number of nitrogens with one attached hydrogen (secondary N) is 2. The van der Waals surface area contributed by atoms with Crippen LogP contribution in [0.4, 0.5) is 4.39 Å². The molecule has 0 saturated heterocycles. The molecule has 0 fully saturated rings. The Kier molecular flexibility index (Phi) is 6.42. The van der Waals surface area contributed by atoms with Crippen molar-refractivity contribution in [2.75, 3.05) is 6.54 Å². The van der Waals surface area contributed by atoms with Gasteiger partial charge in [0.1, 0.15) is 5.54 Å². The first-order valence-electron chi connectivity index (χ1n) is 5.47. The third-order valence-corrected chi connectivity index (χ3v) is 2.50. The van der Waals surface area contributed by atoms with Gasteiger partial charge in [-0.15, -0.1) is 0 Å². The summed E-state index contributed by atoms with van der Waals surface area (Å²) in [7, 11) is 0. The third-order valence-electron chi connectivity index (χ3n) is 2.50. The summed E-state index contributed by atoms with van der Waals surface area (Å²) in [4.78, 5) is 10.9. The molecule has 6 heteroatoms. The van der Waals surface area contributed by atoms with Crippen LogP contribution in [0.2, 0.25) is 0 Å². The number of aliphatic carboxylic acids is 1. The summed E-state index contributed by atoms with van der Waals surface area (Å²) in [5, 5.41) is 18.6. The van der Waals surface area contributed by atoms with Crippen molar-refractivity contribution in [1.29, 1.82) is 5.41 Å². The summed E-state index contributed by atoms with van der Waals surface area (Å²) < 4.78 is 13.3. The second-order valence-corrected chi connectivity index (χ2v) is 3.97. The molecule has 0 aliphatic carbocycles. The van der Waals surface area contributed by atoms with Crippen LogP contribution in [0, 0.1) is 5.41 Å². The SMILES string of the molecule is CC[C@](N)(C/C=C(\F)CCNC(C)=N)C(=O)O. The Balaban J connectivity index is 4.21. The van der Waals surface area contributed by atoms with Gasteiger partial charge in [0, 0.05) is 13.0 Å². The van der Waals surface area contributed by atoms with Crippen molar-refractivity contribution < 1.29 is 14.3 Å². The summed E-state index contributed by atoms with van der Waals surface area (Å²) in [5.74, 6) is -1.27. The molecule has 17 heavy (non-hydrogen) atoms. The summed E-state index contributed by atoms with van der Waals surface area (Å²) >= 11 is 0. The molecule has 0 aliphatic heterocycles. The number of amidine groups is 1. The minimum Gasteiger partial charge on any atom is -0.480 e.